The van der Waals surface area contributed by atoms with Crippen LogP contribution in [0.3, 0.4) is 0 Å². The van der Waals surface area contributed by atoms with E-state index in [1.54, 1.807) is 19.1 Å². The smallest absolute Gasteiger partial charge is 0.156 e. The molecule has 0 unspecified atom stereocenters. The van der Waals surface area contributed by atoms with E-state index in [9.17, 15) is 4.79 Å². The Morgan fingerprint density at radius 2 is 1.94 bits per heavy atom. The van der Waals surface area contributed by atoms with Gasteiger partial charge in [-0.2, -0.15) is 0 Å². The summed E-state index contributed by atoms with van der Waals surface area (Å²) in [6.45, 7) is 1.56. The molecule has 0 heterocycles. The molecule has 0 atom stereocenters. The molecule has 1 nitrogen and oxygen atoms in total. The highest BCUT2D eigenvalue weighted by Gasteiger charge is 2.14. The fourth-order valence-electron chi connectivity index (χ4n) is 1.77. The van der Waals surface area contributed by atoms with Crippen molar-refractivity contribution in [2.75, 3.05) is 0 Å². The number of Topliss-reactive ketones (excluding diaryl/α,β-unsaturated/α-hetero) is 1. The van der Waals surface area contributed by atoms with E-state index in [0.29, 0.717) is 16.5 Å². The number of carbonyl (C=O) groups excluding carboxylic acids is 1. The normalized spacial score (nSPS) is 17.4. The van der Waals surface area contributed by atoms with Crippen LogP contribution < -0.4 is 0 Å². The fourth-order valence-corrected chi connectivity index (χ4v) is 2.15. The monoisotopic (exact) mass is 278 g/mol. The first-order chi connectivity index (χ1) is 8.58. The lowest BCUT2D eigenvalue weighted by Gasteiger charge is -2.13. The van der Waals surface area contributed by atoms with E-state index in [4.69, 9.17) is 23.2 Å². The predicted molar refractivity (Wildman–Crippen MR) is 76.7 cm³/mol. The highest BCUT2D eigenvalue weighted by atomic mass is 35.5. The van der Waals surface area contributed by atoms with Crippen LogP contribution in [-0.4, -0.2) is 5.78 Å². The average Bonchev–Trinajstić information content (AvgIpc) is 2.34. The van der Waals surface area contributed by atoms with Gasteiger partial charge in [0.25, 0.3) is 0 Å². The third kappa shape index (κ3) is 2.92. The number of benzene rings is 1. The molecule has 18 heavy (non-hydrogen) atoms. The summed E-state index contributed by atoms with van der Waals surface area (Å²) in [6, 6.07) is 7.55. The third-order valence-corrected chi connectivity index (χ3v) is 3.52. The second kappa shape index (κ2) is 5.55. The van der Waals surface area contributed by atoms with Crippen molar-refractivity contribution in [2.45, 2.75) is 13.3 Å². The zero-order valence-electron chi connectivity index (χ0n) is 9.91. The summed E-state index contributed by atoms with van der Waals surface area (Å²) in [6.07, 6.45) is 6.01. The van der Waals surface area contributed by atoms with Gasteiger partial charge in [0, 0.05) is 16.5 Å². The average molecular weight is 279 g/mol. The number of ketones is 1. The minimum Gasteiger partial charge on any atom is -0.295 e. The van der Waals surface area contributed by atoms with Crippen LogP contribution in [0.5, 0.6) is 0 Å². The number of halogens is 2. The van der Waals surface area contributed by atoms with Crippen LogP contribution in [0.4, 0.5) is 0 Å². The van der Waals surface area contributed by atoms with Gasteiger partial charge in [-0.25, -0.2) is 0 Å². The van der Waals surface area contributed by atoms with Gasteiger partial charge < -0.3 is 0 Å². The van der Waals surface area contributed by atoms with Gasteiger partial charge >= 0.3 is 0 Å². The predicted octanol–water partition coefficient (Wildman–Crippen LogP) is 4.77. The quantitative estimate of drug-likeness (QED) is 0.762. The fraction of sp³-hybridized carbons (Fsp3) is 0.133. The molecule has 0 radical (unpaired) electrons. The van der Waals surface area contributed by atoms with Crippen molar-refractivity contribution in [1.29, 1.82) is 0 Å². The number of allylic oxidation sites excluding steroid dienone is 5. The van der Waals surface area contributed by atoms with E-state index in [1.165, 1.54) is 0 Å². The van der Waals surface area contributed by atoms with Gasteiger partial charge in [-0.1, -0.05) is 47.5 Å². The van der Waals surface area contributed by atoms with E-state index in [1.807, 2.05) is 30.3 Å². The lowest BCUT2D eigenvalue weighted by atomic mass is 9.95. The molecule has 1 aliphatic carbocycles. The van der Waals surface area contributed by atoms with E-state index >= 15 is 0 Å². The Morgan fingerprint density at radius 1 is 1.22 bits per heavy atom. The molecule has 1 aromatic rings. The molecule has 0 amide bonds. The van der Waals surface area contributed by atoms with Crippen molar-refractivity contribution >= 4 is 35.1 Å². The molecule has 0 fully saturated rings. The highest BCUT2D eigenvalue weighted by molar-refractivity contribution is 6.33. The zero-order valence-corrected chi connectivity index (χ0v) is 11.4. The van der Waals surface area contributed by atoms with Crippen molar-refractivity contribution in [2.24, 2.45) is 0 Å². The Kier molecular flexibility index (Phi) is 4.05. The van der Waals surface area contributed by atoms with Crippen LogP contribution in [-0.2, 0) is 4.79 Å². The molecule has 0 bridgehead atoms. The second-order valence-electron chi connectivity index (χ2n) is 4.13. The summed E-state index contributed by atoms with van der Waals surface area (Å²) in [7, 11) is 0. The van der Waals surface area contributed by atoms with Crippen molar-refractivity contribution in [1.82, 2.24) is 0 Å². The van der Waals surface area contributed by atoms with E-state index < -0.39 is 0 Å². The summed E-state index contributed by atoms with van der Waals surface area (Å²) in [5.74, 6) is 0.0699. The summed E-state index contributed by atoms with van der Waals surface area (Å²) in [5.41, 5.74) is 2.58. The molecule has 2 rings (SSSR count). The number of rotatable bonds is 2. The maximum absolute atomic E-state index is 11.4. The molecule has 0 saturated carbocycles. The van der Waals surface area contributed by atoms with Gasteiger partial charge in [-0.05, 0) is 41.9 Å². The van der Waals surface area contributed by atoms with E-state index in [2.05, 4.69) is 0 Å². The van der Waals surface area contributed by atoms with Crippen LogP contribution >= 0.6 is 23.2 Å². The van der Waals surface area contributed by atoms with Crippen molar-refractivity contribution < 1.29 is 4.79 Å². The van der Waals surface area contributed by atoms with Gasteiger partial charge in [-0.3, -0.25) is 4.79 Å². The Balaban J connectivity index is 2.36. The minimum atomic E-state index is 0.0699. The summed E-state index contributed by atoms with van der Waals surface area (Å²) >= 11 is 12.3. The lowest BCUT2D eigenvalue weighted by Crippen LogP contribution is -2.02. The maximum atomic E-state index is 11.4. The van der Waals surface area contributed by atoms with Gasteiger partial charge in [-0.15, -0.1) is 0 Å². The Labute approximate surface area is 116 Å². The van der Waals surface area contributed by atoms with E-state index in [0.717, 1.165) is 16.7 Å². The van der Waals surface area contributed by atoms with Crippen LogP contribution in [0.1, 0.15) is 18.9 Å². The van der Waals surface area contributed by atoms with Gasteiger partial charge in [0.15, 0.2) is 5.78 Å². The van der Waals surface area contributed by atoms with Gasteiger partial charge in [0.1, 0.15) is 0 Å². The van der Waals surface area contributed by atoms with Crippen LogP contribution in [0, 0.1) is 0 Å². The SMILES string of the molecule is CC(=O)C1=CC=C(Cl)/C(=C\c2ccccc2Cl)C1. The molecule has 0 aliphatic heterocycles. The molecule has 0 spiro atoms. The molecule has 1 aliphatic rings. The first kappa shape index (κ1) is 13.1. The Morgan fingerprint density at radius 3 is 2.61 bits per heavy atom. The number of hydrogen-bond acceptors (Lipinski definition) is 1. The van der Waals surface area contributed by atoms with E-state index in [-0.39, 0.29) is 5.78 Å². The van der Waals surface area contributed by atoms with Crippen molar-refractivity contribution in [3.63, 3.8) is 0 Å². The molecule has 0 saturated heterocycles. The van der Waals surface area contributed by atoms with Crippen LogP contribution in [0.2, 0.25) is 5.02 Å². The second-order valence-corrected chi connectivity index (χ2v) is 4.94. The summed E-state index contributed by atoms with van der Waals surface area (Å²) in [5, 5.41) is 1.33. The maximum Gasteiger partial charge on any atom is 0.156 e. The van der Waals surface area contributed by atoms with Gasteiger partial charge in [0.05, 0.1) is 0 Å². The minimum absolute atomic E-state index is 0.0699. The Bertz CT molecular complexity index is 580. The molecule has 1 aromatic carbocycles. The third-order valence-electron chi connectivity index (χ3n) is 2.81. The number of hydrogen-bond donors (Lipinski definition) is 0. The molecule has 0 aromatic heterocycles. The van der Waals surface area contributed by atoms with Crippen LogP contribution in [0.15, 0.2) is 52.6 Å². The molecular weight excluding hydrogens is 267 g/mol. The topological polar surface area (TPSA) is 17.1 Å². The van der Waals surface area contributed by atoms with Crippen molar-refractivity contribution in [3.8, 4) is 0 Å². The lowest BCUT2D eigenvalue weighted by molar-refractivity contribution is -0.113. The first-order valence-electron chi connectivity index (χ1n) is 5.60. The Hall–Kier alpha value is -1.31. The number of carbonyl (C=O) groups is 1. The van der Waals surface area contributed by atoms with Crippen molar-refractivity contribution in [3.05, 3.63) is 63.2 Å². The summed E-state index contributed by atoms with van der Waals surface area (Å²) in [4.78, 5) is 11.4. The molecule has 0 N–H and O–H groups in total. The molecule has 92 valence electrons. The summed E-state index contributed by atoms with van der Waals surface area (Å²) < 4.78 is 0. The van der Waals surface area contributed by atoms with Gasteiger partial charge in [0.2, 0.25) is 0 Å². The van der Waals surface area contributed by atoms with Crippen LogP contribution in [0.25, 0.3) is 6.08 Å². The zero-order chi connectivity index (χ0) is 13.1. The molecular formula is C15H12Cl2O. The molecule has 3 heteroatoms. The largest absolute Gasteiger partial charge is 0.295 e. The standard InChI is InChI=1S/C15H12Cl2O/c1-10(18)11-6-7-15(17)13(8-11)9-12-4-2-3-5-14(12)16/h2-7,9H,8H2,1H3/b13-9-. The first-order valence-corrected chi connectivity index (χ1v) is 6.36. The highest BCUT2D eigenvalue weighted by Crippen LogP contribution is 2.30.